The predicted molar refractivity (Wildman–Crippen MR) is 140 cm³/mol. The Kier molecular flexibility index (Phi) is 8.61. The topological polar surface area (TPSA) is 97.8 Å². The van der Waals surface area contributed by atoms with Crippen molar-refractivity contribution in [3.05, 3.63) is 92.4 Å². The summed E-state index contributed by atoms with van der Waals surface area (Å²) in [5, 5.41) is 13.9. The fourth-order valence-electron chi connectivity index (χ4n) is 3.55. The Bertz CT molecular complexity index is 1300. The quantitative estimate of drug-likeness (QED) is 0.294. The summed E-state index contributed by atoms with van der Waals surface area (Å²) in [5.74, 6) is -1.46. The lowest BCUT2D eigenvalue weighted by Gasteiger charge is -2.18. The number of aromatic nitrogens is 1. The third-order valence-electron chi connectivity index (χ3n) is 5.52. The Morgan fingerprint density at radius 2 is 1.56 bits per heavy atom. The summed E-state index contributed by atoms with van der Waals surface area (Å²) >= 11 is 12.4. The van der Waals surface area contributed by atoms with Crippen LogP contribution in [0.2, 0.25) is 10.0 Å². The highest BCUT2D eigenvalue weighted by molar-refractivity contribution is 6.31. The summed E-state index contributed by atoms with van der Waals surface area (Å²) < 4.78 is 10.7. The van der Waals surface area contributed by atoms with Crippen LogP contribution in [0.5, 0.6) is 11.5 Å². The van der Waals surface area contributed by atoms with Crippen LogP contribution in [-0.4, -0.2) is 35.1 Å². The van der Waals surface area contributed by atoms with Gasteiger partial charge >= 0.3 is 5.97 Å². The zero-order valence-electron chi connectivity index (χ0n) is 20.5. The molecule has 0 saturated heterocycles. The number of aromatic hydroxyl groups is 1. The fourth-order valence-corrected chi connectivity index (χ4v) is 3.79. The maximum Gasteiger partial charge on any atom is 0.333 e. The number of hydrogen-bond donors (Lipinski definition) is 2. The largest absolute Gasteiger partial charge is 0.503 e. The van der Waals surface area contributed by atoms with Gasteiger partial charge in [0.15, 0.2) is 17.2 Å². The van der Waals surface area contributed by atoms with Crippen LogP contribution >= 0.6 is 23.2 Å². The van der Waals surface area contributed by atoms with E-state index in [0.29, 0.717) is 21.4 Å². The van der Waals surface area contributed by atoms with Crippen LogP contribution in [0.1, 0.15) is 46.6 Å². The third-order valence-corrected chi connectivity index (χ3v) is 6.37. The van der Waals surface area contributed by atoms with E-state index in [0.717, 1.165) is 22.3 Å². The smallest absolute Gasteiger partial charge is 0.333 e. The van der Waals surface area contributed by atoms with Crippen molar-refractivity contribution >= 4 is 40.7 Å². The molecule has 36 heavy (non-hydrogen) atoms. The van der Waals surface area contributed by atoms with E-state index in [1.807, 2.05) is 38.1 Å². The van der Waals surface area contributed by atoms with Gasteiger partial charge in [-0.2, -0.15) is 0 Å². The average molecular weight is 529 g/mol. The maximum absolute atomic E-state index is 12.9. The van der Waals surface area contributed by atoms with E-state index in [9.17, 15) is 14.7 Å². The van der Waals surface area contributed by atoms with Crippen LogP contribution in [0.3, 0.4) is 0 Å². The van der Waals surface area contributed by atoms with Crippen molar-refractivity contribution < 1.29 is 24.2 Å². The van der Waals surface area contributed by atoms with Crippen LogP contribution < -0.4 is 10.1 Å². The molecule has 0 bridgehead atoms. The van der Waals surface area contributed by atoms with Crippen molar-refractivity contribution in [3.8, 4) is 11.5 Å². The molecule has 0 fully saturated rings. The minimum atomic E-state index is -1.04. The molecule has 1 atom stereocenters. The number of methoxy groups -OCH3 is 1. The number of aryl methyl sites for hydroxylation is 2. The molecule has 0 radical (unpaired) electrons. The van der Waals surface area contributed by atoms with Gasteiger partial charge in [-0.15, -0.1) is 0 Å². The normalized spacial score (nSPS) is 11.4. The summed E-state index contributed by atoms with van der Waals surface area (Å²) in [6.45, 7) is 6.92. The Hall–Kier alpha value is -3.55. The minimum absolute atomic E-state index is 0.0883. The summed E-state index contributed by atoms with van der Waals surface area (Å²) in [6, 6.07) is 11.4. The van der Waals surface area contributed by atoms with Crippen LogP contribution in [0.15, 0.2) is 54.4 Å². The Labute approximate surface area is 219 Å². The van der Waals surface area contributed by atoms with Gasteiger partial charge in [0.05, 0.1) is 7.11 Å². The number of amides is 1. The number of nitrogens with one attached hydrogen (secondary N) is 1. The van der Waals surface area contributed by atoms with Gasteiger partial charge in [-0.05, 0) is 74.2 Å². The number of carbonyl (C=O) groups excluding carboxylic acids is 2. The average Bonchev–Trinajstić information content (AvgIpc) is 2.83. The number of halogens is 2. The molecular weight excluding hydrogens is 503 g/mol. The predicted octanol–water partition coefficient (Wildman–Crippen LogP) is 5.86. The molecule has 0 aliphatic carbocycles. The van der Waals surface area contributed by atoms with Crippen molar-refractivity contribution in [1.82, 2.24) is 10.3 Å². The van der Waals surface area contributed by atoms with Crippen LogP contribution in [-0.2, 0) is 9.53 Å². The van der Waals surface area contributed by atoms with Crippen molar-refractivity contribution in [2.45, 2.75) is 33.7 Å². The number of benzene rings is 2. The van der Waals surface area contributed by atoms with E-state index in [2.05, 4.69) is 10.3 Å². The molecule has 9 heteroatoms. The van der Waals surface area contributed by atoms with Gasteiger partial charge in [-0.1, -0.05) is 35.3 Å². The Balaban J connectivity index is 1.91. The number of hydrogen-bond acceptors (Lipinski definition) is 6. The zero-order valence-corrected chi connectivity index (χ0v) is 22.0. The SMILES string of the molecule is COc1ccnc(C(=O)N[C@@H](C)C(=O)OC(C)=C(c2ccc(Cl)c(C)c2)c2ccc(Cl)c(C)c2)c1O. The second kappa shape index (κ2) is 11.5. The molecule has 2 N–H and O–H groups in total. The van der Waals surface area contributed by atoms with Gasteiger partial charge in [0.1, 0.15) is 11.8 Å². The number of pyridine rings is 1. The monoisotopic (exact) mass is 528 g/mol. The molecule has 1 aromatic heterocycles. The second-order valence-electron chi connectivity index (χ2n) is 8.19. The first-order valence-corrected chi connectivity index (χ1v) is 11.8. The van der Waals surface area contributed by atoms with Gasteiger partial charge in [0.2, 0.25) is 0 Å². The molecule has 0 spiro atoms. The zero-order chi connectivity index (χ0) is 26.6. The van der Waals surface area contributed by atoms with Gasteiger partial charge < -0.3 is 19.9 Å². The van der Waals surface area contributed by atoms with Gasteiger partial charge in [0.25, 0.3) is 5.91 Å². The molecule has 188 valence electrons. The lowest BCUT2D eigenvalue weighted by molar-refractivity contribution is -0.141. The molecule has 0 saturated carbocycles. The van der Waals surface area contributed by atoms with E-state index in [1.165, 1.54) is 26.3 Å². The second-order valence-corrected chi connectivity index (χ2v) is 9.00. The third kappa shape index (κ3) is 5.98. The first kappa shape index (κ1) is 27.0. The highest BCUT2D eigenvalue weighted by Gasteiger charge is 2.24. The summed E-state index contributed by atoms with van der Waals surface area (Å²) in [6.07, 6.45) is 1.32. The summed E-state index contributed by atoms with van der Waals surface area (Å²) in [7, 11) is 1.35. The van der Waals surface area contributed by atoms with E-state index in [1.54, 1.807) is 19.1 Å². The number of nitrogens with zero attached hydrogens (tertiary/aromatic N) is 1. The Morgan fingerprint density at radius 1 is 1.00 bits per heavy atom. The van der Waals surface area contributed by atoms with Gasteiger partial charge in [0, 0.05) is 27.9 Å². The van der Waals surface area contributed by atoms with Crippen molar-refractivity contribution in [3.63, 3.8) is 0 Å². The molecule has 0 unspecified atom stereocenters. The molecule has 2 aromatic carbocycles. The lowest BCUT2D eigenvalue weighted by Crippen LogP contribution is -2.39. The van der Waals surface area contributed by atoms with E-state index < -0.39 is 23.7 Å². The van der Waals surface area contributed by atoms with Crippen LogP contribution in [0, 0.1) is 13.8 Å². The summed E-state index contributed by atoms with van der Waals surface area (Å²) in [4.78, 5) is 29.4. The van der Waals surface area contributed by atoms with E-state index in [4.69, 9.17) is 32.7 Å². The molecule has 7 nitrogen and oxygen atoms in total. The standard InChI is InChI=1S/C27H26Cl2N2O5/c1-14-12-18(6-8-20(14)28)23(19-7-9-21(29)15(2)13-19)17(4)36-27(34)16(3)31-26(33)24-25(32)22(35-5)10-11-30-24/h6-13,16,32H,1-5H3,(H,31,33)/t16-/m0/s1. The molecule has 3 rings (SSSR count). The highest BCUT2D eigenvalue weighted by atomic mass is 35.5. The van der Waals surface area contributed by atoms with Crippen molar-refractivity contribution in [1.29, 1.82) is 0 Å². The van der Waals surface area contributed by atoms with Gasteiger partial charge in [-0.25, -0.2) is 9.78 Å². The number of rotatable bonds is 7. The first-order chi connectivity index (χ1) is 17.0. The summed E-state index contributed by atoms with van der Waals surface area (Å²) in [5.41, 5.74) is 3.73. The number of carbonyl (C=O) groups is 2. The first-order valence-electron chi connectivity index (χ1n) is 11.0. The molecule has 3 aromatic rings. The molecule has 1 heterocycles. The molecular formula is C27H26Cl2N2O5. The molecule has 1 amide bonds. The van der Waals surface area contributed by atoms with Gasteiger partial charge in [-0.3, -0.25) is 4.79 Å². The Morgan fingerprint density at radius 3 is 2.06 bits per heavy atom. The highest BCUT2D eigenvalue weighted by Crippen LogP contribution is 2.32. The van der Waals surface area contributed by atoms with E-state index in [-0.39, 0.29) is 11.4 Å². The van der Waals surface area contributed by atoms with Crippen molar-refractivity contribution in [2.75, 3.05) is 7.11 Å². The lowest BCUT2D eigenvalue weighted by atomic mass is 9.94. The number of esters is 1. The fraction of sp³-hybridized carbons (Fsp3) is 0.222. The van der Waals surface area contributed by atoms with Crippen LogP contribution in [0.25, 0.3) is 5.57 Å². The number of ether oxygens (including phenoxy) is 2. The molecule has 0 aliphatic heterocycles. The van der Waals surface area contributed by atoms with Crippen molar-refractivity contribution in [2.24, 2.45) is 0 Å². The molecule has 0 aliphatic rings. The van der Waals surface area contributed by atoms with Crippen LogP contribution in [0.4, 0.5) is 0 Å². The maximum atomic E-state index is 12.9. The number of allylic oxidation sites excluding steroid dienone is 1. The minimum Gasteiger partial charge on any atom is -0.503 e. The van der Waals surface area contributed by atoms with E-state index >= 15 is 0 Å².